The van der Waals surface area contributed by atoms with Crippen molar-refractivity contribution < 1.29 is 17.9 Å². The molecule has 5 rings (SSSR count). The fraction of sp³-hybridized carbons (Fsp3) is 0.267. The smallest absolute Gasteiger partial charge is 0.261 e. The van der Waals surface area contributed by atoms with Gasteiger partial charge in [0.25, 0.3) is 10.0 Å². The van der Waals surface area contributed by atoms with Crippen molar-refractivity contribution in [1.29, 1.82) is 0 Å². The zero-order chi connectivity index (χ0) is 27.8. The minimum Gasteiger partial charge on any atom is -0.494 e. The molecule has 208 valence electrons. The van der Waals surface area contributed by atoms with Crippen LogP contribution in [-0.4, -0.2) is 62.7 Å². The van der Waals surface area contributed by atoms with Crippen LogP contribution >= 0.6 is 0 Å². The van der Waals surface area contributed by atoms with Crippen molar-refractivity contribution in [3.05, 3.63) is 90.8 Å². The molecule has 1 aliphatic heterocycles. The number of hydrogen-bond donors (Lipinski definition) is 2. The van der Waals surface area contributed by atoms with Crippen molar-refractivity contribution in [2.45, 2.75) is 18.2 Å². The van der Waals surface area contributed by atoms with Gasteiger partial charge in [-0.25, -0.2) is 18.4 Å². The van der Waals surface area contributed by atoms with Crippen LogP contribution in [0.15, 0.2) is 90.1 Å². The summed E-state index contributed by atoms with van der Waals surface area (Å²) >= 11 is 0. The Hall–Kier alpha value is -3.99. The van der Waals surface area contributed by atoms with E-state index in [1.165, 1.54) is 6.33 Å². The summed E-state index contributed by atoms with van der Waals surface area (Å²) in [7, 11) is -3.66. The first-order valence-electron chi connectivity index (χ1n) is 13.3. The Morgan fingerprint density at radius 2 is 1.60 bits per heavy atom. The van der Waals surface area contributed by atoms with Gasteiger partial charge in [0.05, 0.1) is 30.4 Å². The number of rotatable bonds is 11. The number of aromatic nitrogens is 2. The molecule has 0 spiro atoms. The van der Waals surface area contributed by atoms with Crippen molar-refractivity contribution in [3.63, 3.8) is 0 Å². The Morgan fingerprint density at radius 1 is 0.900 bits per heavy atom. The lowest BCUT2D eigenvalue weighted by atomic mass is 10.1. The van der Waals surface area contributed by atoms with Crippen LogP contribution in [0.1, 0.15) is 12.0 Å². The van der Waals surface area contributed by atoms with Gasteiger partial charge in [0.2, 0.25) is 0 Å². The summed E-state index contributed by atoms with van der Waals surface area (Å²) < 4.78 is 39.2. The summed E-state index contributed by atoms with van der Waals surface area (Å²) in [6, 6.07) is 23.5. The van der Waals surface area contributed by atoms with Crippen LogP contribution in [0.5, 0.6) is 5.75 Å². The Bertz CT molecular complexity index is 1490. The van der Waals surface area contributed by atoms with Gasteiger partial charge in [-0.15, -0.1) is 0 Å². The topological polar surface area (TPSA) is 106 Å². The van der Waals surface area contributed by atoms with E-state index in [2.05, 4.69) is 24.9 Å². The largest absolute Gasteiger partial charge is 0.494 e. The second-order valence-corrected chi connectivity index (χ2v) is 11.3. The second-order valence-electron chi connectivity index (χ2n) is 9.59. The van der Waals surface area contributed by atoms with Gasteiger partial charge in [0, 0.05) is 42.6 Å². The van der Waals surface area contributed by atoms with Gasteiger partial charge in [0.1, 0.15) is 17.9 Å². The third-order valence-corrected chi connectivity index (χ3v) is 7.95. The predicted molar refractivity (Wildman–Crippen MR) is 157 cm³/mol. The van der Waals surface area contributed by atoms with E-state index in [4.69, 9.17) is 9.47 Å². The quantitative estimate of drug-likeness (QED) is 0.245. The number of benzene rings is 3. The van der Waals surface area contributed by atoms with E-state index in [1.54, 1.807) is 48.5 Å². The van der Waals surface area contributed by atoms with E-state index < -0.39 is 10.0 Å². The highest BCUT2D eigenvalue weighted by Gasteiger charge is 2.14. The molecule has 4 aromatic rings. The molecule has 1 fully saturated rings. The van der Waals surface area contributed by atoms with Gasteiger partial charge in [-0.3, -0.25) is 9.62 Å². The van der Waals surface area contributed by atoms with Crippen molar-refractivity contribution in [2.24, 2.45) is 0 Å². The summed E-state index contributed by atoms with van der Waals surface area (Å²) in [5, 5.41) is 3.25. The average molecular weight is 560 g/mol. The first-order valence-corrected chi connectivity index (χ1v) is 14.7. The first kappa shape index (κ1) is 27.6. The molecule has 0 amide bonds. The standard InChI is InChI=1S/C30H33N5O4S/c1-23-3-13-28(14-4-23)40(36,37)34-26-9-7-25(8-10-26)33-30-21-29(31-22-32-30)24-5-11-27(12-6-24)39-18-2-15-35-16-19-38-20-17-35/h3-14,21-22,34H,2,15-20H2,1H3,(H,31,32,33). The van der Waals surface area contributed by atoms with Gasteiger partial charge >= 0.3 is 0 Å². The Kier molecular flexibility index (Phi) is 8.90. The van der Waals surface area contributed by atoms with Crippen LogP contribution in [0, 0.1) is 6.92 Å². The first-order chi connectivity index (χ1) is 19.4. The average Bonchev–Trinajstić information content (AvgIpc) is 2.97. The predicted octanol–water partition coefficient (Wildman–Crippen LogP) is 5.10. The van der Waals surface area contributed by atoms with E-state index in [0.29, 0.717) is 18.1 Å². The van der Waals surface area contributed by atoms with Crippen LogP contribution in [0.25, 0.3) is 11.3 Å². The lowest BCUT2D eigenvalue weighted by Gasteiger charge is -2.26. The number of ether oxygens (including phenoxy) is 2. The molecular weight excluding hydrogens is 526 g/mol. The molecule has 0 atom stereocenters. The van der Waals surface area contributed by atoms with Gasteiger partial charge in [0.15, 0.2) is 0 Å². The second kappa shape index (κ2) is 12.9. The van der Waals surface area contributed by atoms with Gasteiger partial charge in [-0.05, 0) is 74.0 Å². The molecule has 1 saturated heterocycles. The van der Waals surface area contributed by atoms with E-state index in [1.807, 2.05) is 37.3 Å². The van der Waals surface area contributed by atoms with Gasteiger partial charge in [-0.2, -0.15) is 0 Å². The monoisotopic (exact) mass is 559 g/mol. The Labute approximate surface area is 235 Å². The molecule has 40 heavy (non-hydrogen) atoms. The molecule has 3 aromatic carbocycles. The molecule has 9 nitrogen and oxygen atoms in total. The molecule has 0 unspecified atom stereocenters. The van der Waals surface area contributed by atoms with E-state index in [0.717, 1.165) is 67.5 Å². The molecular formula is C30H33N5O4S. The molecule has 0 radical (unpaired) electrons. The summed E-state index contributed by atoms with van der Waals surface area (Å²) in [5.41, 5.74) is 3.96. The van der Waals surface area contributed by atoms with E-state index in [9.17, 15) is 8.42 Å². The molecule has 0 aliphatic carbocycles. The highest BCUT2D eigenvalue weighted by Crippen LogP contribution is 2.25. The Balaban J connectivity index is 1.14. The lowest BCUT2D eigenvalue weighted by Crippen LogP contribution is -2.37. The van der Waals surface area contributed by atoms with E-state index >= 15 is 0 Å². The molecule has 2 N–H and O–H groups in total. The van der Waals surface area contributed by atoms with Crippen LogP contribution in [0.2, 0.25) is 0 Å². The summed E-state index contributed by atoms with van der Waals surface area (Å²) in [5.74, 6) is 1.46. The molecule has 10 heteroatoms. The van der Waals surface area contributed by atoms with Crippen molar-refractivity contribution in [2.75, 3.05) is 49.5 Å². The Morgan fingerprint density at radius 3 is 2.33 bits per heavy atom. The van der Waals surface area contributed by atoms with Crippen LogP contribution in [-0.2, 0) is 14.8 Å². The molecule has 0 bridgehead atoms. The maximum atomic E-state index is 12.7. The number of aryl methyl sites for hydroxylation is 1. The zero-order valence-corrected chi connectivity index (χ0v) is 23.2. The number of anilines is 3. The highest BCUT2D eigenvalue weighted by molar-refractivity contribution is 7.92. The number of nitrogens with one attached hydrogen (secondary N) is 2. The van der Waals surface area contributed by atoms with Gasteiger partial charge < -0.3 is 14.8 Å². The number of nitrogens with zero attached hydrogens (tertiary/aromatic N) is 3. The number of sulfonamides is 1. The number of hydrogen-bond acceptors (Lipinski definition) is 8. The lowest BCUT2D eigenvalue weighted by molar-refractivity contribution is 0.0358. The highest BCUT2D eigenvalue weighted by atomic mass is 32.2. The summed E-state index contributed by atoms with van der Waals surface area (Å²) in [6.45, 7) is 7.21. The summed E-state index contributed by atoms with van der Waals surface area (Å²) in [6.07, 6.45) is 2.49. The van der Waals surface area contributed by atoms with Crippen LogP contribution in [0.3, 0.4) is 0 Å². The molecule has 1 aromatic heterocycles. The number of morpholine rings is 1. The molecule has 1 aliphatic rings. The van der Waals surface area contributed by atoms with Gasteiger partial charge in [-0.1, -0.05) is 17.7 Å². The minimum absolute atomic E-state index is 0.220. The molecule has 2 heterocycles. The van der Waals surface area contributed by atoms with Crippen molar-refractivity contribution in [1.82, 2.24) is 14.9 Å². The van der Waals surface area contributed by atoms with Crippen molar-refractivity contribution >= 4 is 27.2 Å². The summed E-state index contributed by atoms with van der Waals surface area (Å²) in [4.78, 5) is 11.4. The normalized spacial score (nSPS) is 14.0. The fourth-order valence-electron chi connectivity index (χ4n) is 4.31. The SMILES string of the molecule is Cc1ccc(S(=O)(=O)Nc2ccc(Nc3cc(-c4ccc(OCCCN5CCOCC5)cc4)ncn3)cc2)cc1. The van der Waals surface area contributed by atoms with E-state index in [-0.39, 0.29) is 4.90 Å². The fourth-order valence-corrected chi connectivity index (χ4v) is 5.37. The third-order valence-electron chi connectivity index (χ3n) is 6.55. The minimum atomic E-state index is -3.66. The van der Waals surface area contributed by atoms with Crippen LogP contribution in [0.4, 0.5) is 17.2 Å². The zero-order valence-electron chi connectivity index (χ0n) is 22.4. The van der Waals surface area contributed by atoms with Crippen LogP contribution < -0.4 is 14.8 Å². The third kappa shape index (κ3) is 7.56. The van der Waals surface area contributed by atoms with Crippen molar-refractivity contribution in [3.8, 4) is 17.0 Å². The maximum absolute atomic E-state index is 12.7. The molecule has 0 saturated carbocycles. The maximum Gasteiger partial charge on any atom is 0.261 e.